The van der Waals surface area contributed by atoms with Gasteiger partial charge in [0.25, 0.3) is 17.7 Å². The van der Waals surface area contributed by atoms with Crippen molar-refractivity contribution >= 4 is 29.1 Å². The molecule has 0 heterocycles. The van der Waals surface area contributed by atoms with Crippen LogP contribution >= 0.6 is 0 Å². The first-order chi connectivity index (χ1) is 12.6. The highest BCUT2D eigenvalue weighted by Gasteiger charge is 2.54. The maximum atomic E-state index is 12.5. The number of nitrogens with one attached hydrogen (secondary N) is 1. The second-order valence-electron chi connectivity index (χ2n) is 6.84. The average Bonchev–Trinajstić information content (AvgIpc) is 2.83. The van der Waals surface area contributed by atoms with Crippen molar-refractivity contribution in [1.29, 1.82) is 0 Å². The molecule has 0 aliphatic heterocycles. The van der Waals surface area contributed by atoms with Crippen LogP contribution < -0.4 is 5.32 Å². The van der Waals surface area contributed by atoms with Gasteiger partial charge in [0.05, 0.1) is 6.42 Å². The number of carbonyl (C=O) groups is 4. The molecule has 1 aromatic carbocycles. The van der Waals surface area contributed by atoms with Crippen LogP contribution in [-0.4, -0.2) is 39.5 Å². The highest BCUT2D eigenvalue weighted by Crippen LogP contribution is 2.39. The van der Waals surface area contributed by atoms with Crippen LogP contribution in [0.4, 0.5) is 5.69 Å². The number of carboxylic acids is 1. The third-order valence-corrected chi connectivity index (χ3v) is 4.85. The van der Waals surface area contributed by atoms with E-state index in [0.717, 1.165) is 5.56 Å². The minimum Gasteiger partial charge on any atom is -0.481 e. The molecule has 0 unspecified atom stereocenters. The number of carbonyl (C=O) groups excluding carboxylic acids is 3. The van der Waals surface area contributed by atoms with Crippen LogP contribution in [0.5, 0.6) is 0 Å². The molecule has 1 aliphatic rings. The number of aliphatic carboxylic acids is 1. The van der Waals surface area contributed by atoms with Gasteiger partial charge in [-0.25, -0.2) is 0 Å². The number of hydrogen-bond donors (Lipinski definition) is 2. The Morgan fingerprint density at radius 1 is 1.30 bits per heavy atom. The number of carboxylic acid groups (broad SMARTS) is 1. The number of rotatable bonds is 7. The van der Waals surface area contributed by atoms with Crippen molar-refractivity contribution in [2.24, 2.45) is 17.8 Å². The summed E-state index contributed by atoms with van der Waals surface area (Å²) in [7, 11) is 0. The van der Waals surface area contributed by atoms with Crippen molar-refractivity contribution in [1.82, 2.24) is 0 Å². The number of benzene rings is 1. The predicted molar refractivity (Wildman–Crippen MR) is 93.6 cm³/mol. The molecule has 9 nitrogen and oxygen atoms in total. The van der Waals surface area contributed by atoms with Crippen molar-refractivity contribution < 1.29 is 29.2 Å². The summed E-state index contributed by atoms with van der Waals surface area (Å²) in [6.07, 6.45) is -0.662. The summed E-state index contributed by atoms with van der Waals surface area (Å²) >= 11 is 0. The molecule has 1 fully saturated rings. The van der Waals surface area contributed by atoms with Gasteiger partial charge < -0.3 is 10.4 Å². The van der Waals surface area contributed by atoms with Crippen LogP contribution in [0.1, 0.15) is 25.3 Å². The van der Waals surface area contributed by atoms with Crippen molar-refractivity contribution in [2.75, 3.05) is 5.32 Å². The molecular formula is C18H20N2O7. The molecule has 0 saturated heterocycles. The van der Waals surface area contributed by atoms with Crippen LogP contribution in [0.3, 0.4) is 0 Å². The zero-order valence-corrected chi connectivity index (χ0v) is 14.9. The topological polar surface area (TPSA) is 144 Å². The van der Waals surface area contributed by atoms with E-state index in [4.69, 9.17) is 5.11 Å². The van der Waals surface area contributed by atoms with E-state index in [1.54, 1.807) is 31.2 Å². The van der Waals surface area contributed by atoms with Gasteiger partial charge in [0.1, 0.15) is 5.78 Å². The van der Waals surface area contributed by atoms with Crippen molar-refractivity contribution in [3.05, 3.63) is 39.9 Å². The van der Waals surface area contributed by atoms with Crippen LogP contribution in [0.2, 0.25) is 0 Å². The lowest BCUT2D eigenvalue weighted by molar-refractivity contribution is -0.518. The van der Waals surface area contributed by atoms with E-state index in [2.05, 4.69) is 5.32 Å². The van der Waals surface area contributed by atoms with E-state index < -0.39 is 58.6 Å². The first-order valence-electron chi connectivity index (χ1n) is 8.41. The van der Waals surface area contributed by atoms with E-state index in [1.165, 1.54) is 0 Å². The third kappa shape index (κ3) is 4.55. The summed E-state index contributed by atoms with van der Waals surface area (Å²) in [5, 5.41) is 22.9. The summed E-state index contributed by atoms with van der Waals surface area (Å²) in [6.45, 7) is 3.38. The van der Waals surface area contributed by atoms with Gasteiger partial charge in [-0.15, -0.1) is 0 Å². The number of nitro groups is 1. The summed E-state index contributed by atoms with van der Waals surface area (Å²) in [4.78, 5) is 58.5. The molecule has 0 radical (unpaired) electrons. The van der Waals surface area contributed by atoms with Gasteiger partial charge >= 0.3 is 5.97 Å². The van der Waals surface area contributed by atoms with E-state index in [1.807, 2.05) is 6.92 Å². The Bertz CT molecular complexity index is 787. The lowest BCUT2D eigenvalue weighted by atomic mass is 9.80. The van der Waals surface area contributed by atoms with Gasteiger partial charge in [0, 0.05) is 28.9 Å². The zero-order valence-electron chi connectivity index (χ0n) is 14.9. The molecule has 2 N–H and O–H groups in total. The van der Waals surface area contributed by atoms with Gasteiger partial charge in [0.2, 0.25) is 0 Å². The number of anilines is 1. The fraction of sp³-hybridized carbons (Fsp3) is 0.444. The van der Waals surface area contributed by atoms with Crippen molar-refractivity contribution in [3.8, 4) is 0 Å². The van der Waals surface area contributed by atoms with Crippen molar-refractivity contribution in [3.63, 3.8) is 0 Å². The summed E-state index contributed by atoms with van der Waals surface area (Å²) < 4.78 is 0. The van der Waals surface area contributed by atoms with E-state index in [0.29, 0.717) is 5.69 Å². The minimum atomic E-state index is -1.97. The molecule has 1 amide bonds. The Morgan fingerprint density at radius 2 is 1.89 bits per heavy atom. The highest BCUT2D eigenvalue weighted by molar-refractivity contribution is 6.42. The van der Waals surface area contributed by atoms with Gasteiger partial charge in [-0.2, -0.15) is 0 Å². The molecule has 0 aromatic heterocycles. The van der Waals surface area contributed by atoms with E-state index >= 15 is 0 Å². The number of ketones is 2. The SMILES string of the molecule is Cc1ccc(NC(=O)C(=O)[C@@H]([C@@H]2[C@H](C)CC(=O)[C@@H]2CC(=O)O)[N+](=O)[O-])cc1. The van der Waals surface area contributed by atoms with Crippen LogP contribution in [0, 0.1) is 34.8 Å². The maximum Gasteiger partial charge on any atom is 0.304 e. The fourth-order valence-corrected chi connectivity index (χ4v) is 3.56. The van der Waals surface area contributed by atoms with Gasteiger partial charge in [-0.1, -0.05) is 24.6 Å². The fourth-order valence-electron chi connectivity index (χ4n) is 3.56. The Balaban J connectivity index is 2.26. The lowest BCUT2D eigenvalue weighted by Gasteiger charge is -2.22. The Hall–Kier alpha value is -3.10. The maximum absolute atomic E-state index is 12.5. The zero-order chi connectivity index (χ0) is 20.3. The quantitative estimate of drug-likeness (QED) is 0.416. The van der Waals surface area contributed by atoms with Gasteiger partial charge in [-0.3, -0.25) is 29.3 Å². The Labute approximate surface area is 154 Å². The molecule has 0 bridgehead atoms. The molecule has 9 heteroatoms. The van der Waals surface area contributed by atoms with Crippen LogP contribution in [-0.2, 0) is 19.2 Å². The monoisotopic (exact) mass is 376 g/mol. The first-order valence-corrected chi connectivity index (χ1v) is 8.41. The third-order valence-electron chi connectivity index (χ3n) is 4.85. The molecule has 1 aromatic rings. The van der Waals surface area contributed by atoms with Crippen LogP contribution in [0.15, 0.2) is 24.3 Å². The van der Waals surface area contributed by atoms with Gasteiger partial charge in [0.15, 0.2) is 0 Å². The molecule has 4 atom stereocenters. The highest BCUT2D eigenvalue weighted by atomic mass is 16.6. The van der Waals surface area contributed by atoms with E-state index in [9.17, 15) is 29.3 Å². The summed E-state index contributed by atoms with van der Waals surface area (Å²) in [6, 6.07) is 4.53. The number of nitrogens with zero attached hydrogens (tertiary/aromatic N) is 1. The smallest absolute Gasteiger partial charge is 0.304 e. The van der Waals surface area contributed by atoms with Crippen LogP contribution in [0.25, 0.3) is 0 Å². The summed E-state index contributed by atoms with van der Waals surface area (Å²) in [5.74, 6) is -7.06. The number of hydrogen-bond acceptors (Lipinski definition) is 6. The minimum absolute atomic E-state index is 0.0557. The van der Waals surface area contributed by atoms with Crippen molar-refractivity contribution in [2.45, 2.75) is 32.7 Å². The summed E-state index contributed by atoms with van der Waals surface area (Å²) in [5.41, 5.74) is 1.23. The van der Waals surface area contributed by atoms with E-state index in [-0.39, 0.29) is 6.42 Å². The molecule has 0 spiro atoms. The normalized spacial score (nSPS) is 22.9. The molecule has 144 valence electrons. The first kappa shape index (κ1) is 20.2. The molecule has 1 aliphatic carbocycles. The molecule has 27 heavy (non-hydrogen) atoms. The molecule has 1 saturated carbocycles. The standard InChI is InChI=1S/C18H20N2O7/c1-9-3-5-11(6-4-9)19-18(25)17(24)16(20(26)27)15-10(2)7-13(21)12(15)8-14(22)23/h3-6,10,12,15-16H,7-8H2,1-2H3,(H,19,25)(H,22,23)/t10-,12+,15-,16-/m1/s1. The number of amides is 1. The largest absolute Gasteiger partial charge is 0.481 e. The number of Topliss-reactive ketones (excluding diaryl/α,β-unsaturated/α-hetero) is 2. The Morgan fingerprint density at radius 3 is 2.41 bits per heavy atom. The molecule has 2 rings (SSSR count). The number of aryl methyl sites for hydroxylation is 1. The van der Waals surface area contributed by atoms with Gasteiger partial charge in [-0.05, 0) is 25.0 Å². The lowest BCUT2D eigenvalue weighted by Crippen LogP contribution is -2.46. The second kappa shape index (κ2) is 8.07. The average molecular weight is 376 g/mol. The Kier molecular flexibility index (Phi) is 6.04. The predicted octanol–water partition coefficient (Wildman–Crippen LogP) is 1.46. The second-order valence-corrected chi connectivity index (χ2v) is 6.84. The molecular weight excluding hydrogens is 356 g/mol.